The van der Waals surface area contributed by atoms with Crippen LogP contribution in [0.4, 0.5) is 5.82 Å². The van der Waals surface area contributed by atoms with Crippen LogP contribution in [-0.4, -0.2) is 13.4 Å². The van der Waals surface area contributed by atoms with Crippen LogP contribution in [0.25, 0.3) is 0 Å². The Labute approximate surface area is 142 Å². The van der Waals surface area contributed by atoms with E-state index in [1.54, 1.807) is 31.3 Å². The summed E-state index contributed by atoms with van der Waals surface area (Å²) >= 11 is 9.79. The zero-order chi connectivity index (χ0) is 14.9. The summed E-state index contributed by atoms with van der Waals surface area (Å²) in [7, 11) is -3.71. The number of sulfonamides is 1. The van der Waals surface area contributed by atoms with Crippen molar-refractivity contribution in [3.63, 3.8) is 0 Å². The van der Waals surface area contributed by atoms with Crippen LogP contribution in [0.5, 0.6) is 0 Å². The van der Waals surface area contributed by atoms with Gasteiger partial charge in [-0.15, -0.1) is 0 Å². The molecule has 106 valence electrons. The maximum absolute atomic E-state index is 12.4. The highest BCUT2D eigenvalue weighted by Crippen LogP contribution is 2.28. The Kier molecular flexibility index (Phi) is 4.88. The Bertz CT molecular complexity index is 763. The van der Waals surface area contributed by atoms with E-state index in [2.05, 4.69) is 57.5 Å². The van der Waals surface area contributed by atoms with Gasteiger partial charge in [0.15, 0.2) is 0 Å². The number of nitrogens with zero attached hydrogens (tertiary/aromatic N) is 1. The zero-order valence-corrected chi connectivity index (χ0v) is 15.8. The fraction of sp³-hybridized carbons (Fsp3) is 0.0833. The average Bonchev–Trinajstić information content (AvgIpc) is 2.35. The summed E-state index contributed by atoms with van der Waals surface area (Å²) in [5, 5.41) is 0. The van der Waals surface area contributed by atoms with Gasteiger partial charge in [-0.2, -0.15) is 0 Å². The van der Waals surface area contributed by atoms with Gasteiger partial charge in [0.05, 0.1) is 0 Å². The van der Waals surface area contributed by atoms with Crippen molar-refractivity contribution in [3.8, 4) is 0 Å². The molecule has 0 radical (unpaired) electrons. The number of hydrogen-bond acceptors (Lipinski definition) is 3. The SMILES string of the molecule is Cc1cc(Br)cnc1NS(=O)(=O)c1cc(Br)ccc1Br. The first-order chi connectivity index (χ1) is 9.29. The van der Waals surface area contributed by atoms with Crippen molar-refractivity contribution in [1.29, 1.82) is 0 Å². The van der Waals surface area contributed by atoms with Gasteiger partial charge in [-0.1, -0.05) is 15.9 Å². The van der Waals surface area contributed by atoms with Crippen molar-refractivity contribution in [2.45, 2.75) is 11.8 Å². The van der Waals surface area contributed by atoms with E-state index in [4.69, 9.17) is 0 Å². The van der Waals surface area contributed by atoms with Gasteiger partial charge < -0.3 is 0 Å². The molecule has 0 bridgehead atoms. The summed E-state index contributed by atoms with van der Waals surface area (Å²) in [5.41, 5.74) is 0.731. The van der Waals surface area contributed by atoms with Gasteiger partial charge in [0.1, 0.15) is 10.7 Å². The molecule has 0 aliphatic rings. The van der Waals surface area contributed by atoms with Crippen LogP contribution in [0.1, 0.15) is 5.56 Å². The molecule has 0 unspecified atom stereocenters. The number of nitrogens with one attached hydrogen (secondary N) is 1. The lowest BCUT2D eigenvalue weighted by atomic mass is 10.3. The first-order valence-electron chi connectivity index (χ1n) is 5.39. The maximum atomic E-state index is 12.4. The summed E-state index contributed by atoms with van der Waals surface area (Å²) in [4.78, 5) is 4.23. The van der Waals surface area contributed by atoms with Gasteiger partial charge in [0, 0.05) is 19.6 Å². The lowest BCUT2D eigenvalue weighted by molar-refractivity contribution is 0.600. The third-order valence-corrected chi connectivity index (χ3v) is 5.72. The number of hydrogen-bond donors (Lipinski definition) is 1. The fourth-order valence-corrected chi connectivity index (χ4v) is 4.54. The summed E-state index contributed by atoms with van der Waals surface area (Å²) in [6.45, 7) is 1.78. The molecule has 0 saturated carbocycles. The quantitative estimate of drug-likeness (QED) is 0.699. The van der Waals surface area contributed by atoms with E-state index in [-0.39, 0.29) is 4.90 Å². The highest BCUT2D eigenvalue weighted by atomic mass is 79.9. The van der Waals surface area contributed by atoms with Crippen LogP contribution in [0, 0.1) is 6.92 Å². The van der Waals surface area contributed by atoms with Crippen molar-refractivity contribution in [3.05, 3.63) is 49.4 Å². The van der Waals surface area contributed by atoms with Crippen LogP contribution >= 0.6 is 47.8 Å². The van der Waals surface area contributed by atoms with Crippen LogP contribution in [0.3, 0.4) is 0 Å². The second kappa shape index (κ2) is 6.13. The minimum Gasteiger partial charge on any atom is -0.263 e. The van der Waals surface area contributed by atoms with E-state index in [1.807, 2.05) is 0 Å². The maximum Gasteiger partial charge on any atom is 0.264 e. The summed E-state index contributed by atoms with van der Waals surface area (Å²) < 4.78 is 29.2. The van der Waals surface area contributed by atoms with Crippen molar-refractivity contribution >= 4 is 63.6 Å². The van der Waals surface area contributed by atoms with Crippen LogP contribution in [-0.2, 0) is 10.0 Å². The van der Waals surface area contributed by atoms with E-state index >= 15 is 0 Å². The Morgan fingerprint density at radius 3 is 2.45 bits per heavy atom. The molecule has 1 aromatic heterocycles. The molecule has 8 heteroatoms. The highest BCUT2D eigenvalue weighted by Gasteiger charge is 2.19. The van der Waals surface area contributed by atoms with E-state index in [0.29, 0.717) is 14.8 Å². The third-order valence-electron chi connectivity index (χ3n) is 2.46. The molecule has 4 nitrogen and oxygen atoms in total. The van der Waals surface area contributed by atoms with Crippen molar-refractivity contribution in [2.24, 2.45) is 0 Å². The van der Waals surface area contributed by atoms with Gasteiger partial charge >= 0.3 is 0 Å². The van der Waals surface area contributed by atoms with Gasteiger partial charge in [-0.25, -0.2) is 13.4 Å². The molecule has 0 fully saturated rings. The Hall–Kier alpha value is -0.440. The summed E-state index contributed by atoms with van der Waals surface area (Å²) in [6, 6.07) is 6.74. The van der Waals surface area contributed by atoms with Crippen LogP contribution in [0.15, 0.2) is 48.8 Å². The average molecular weight is 485 g/mol. The molecule has 0 amide bonds. The number of pyridine rings is 1. The van der Waals surface area contributed by atoms with Gasteiger partial charge in [-0.05, 0) is 68.6 Å². The molecule has 1 heterocycles. The molecule has 0 atom stereocenters. The molecular formula is C12H9Br3N2O2S. The first-order valence-corrected chi connectivity index (χ1v) is 9.26. The predicted octanol–water partition coefficient (Wildman–Crippen LogP) is 4.48. The van der Waals surface area contributed by atoms with Gasteiger partial charge in [0.25, 0.3) is 10.0 Å². The summed E-state index contributed by atoms with van der Waals surface area (Å²) in [5.74, 6) is 0.306. The number of halogens is 3. The molecule has 20 heavy (non-hydrogen) atoms. The van der Waals surface area contributed by atoms with E-state index in [1.165, 1.54) is 6.07 Å². The highest BCUT2D eigenvalue weighted by molar-refractivity contribution is 9.11. The lowest BCUT2D eigenvalue weighted by Gasteiger charge is -2.11. The number of benzene rings is 1. The number of aromatic nitrogens is 1. The fourth-order valence-electron chi connectivity index (χ4n) is 1.51. The molecular weight excluding hydrogens is 476 g/mol. The number of rotatable bonds is 3. The second-order valence-electron chi connectivity index (χ2n) is 4.00. The second-order valence-corrected chi connectivity index (χ2v) is 8.34. The van der Waals surface area contributed by atoms with Crippen molar-refractivity contribution < 1.29 is 8.42 Å². The number of anilines is 1. The largest absolute Gasteiger partial charge is 0.264 e. The normalized spacial score (nSPS) is 11.4. The Morgan fingerprint density at radius 2 is 1.80 bits per heavy atom. The molecule has 1 aromatic carbocycles. The molecule has 2 rings (SSSR count). The van der Waals surface area contributed by atoms with Gasteiger partial charge in [0.2, 0.25) is 0 Å². The standard InChI is InChI=1S/C12H9Br3N2O2S/c1-7-4-9(14)6-16-12(7)17-20(18,19)11-5-8(13)2-3-10(11)15/h2-6H,1H3,(H,16,17). The van der Waals surface area contributed by atoms with Crippen LogP contribution in [0.2, 0.25) is 0 Å². The zero-order valence-electron chi connectivity index (χ0n) is 10.2. The molecule has 0 spiro atoms. The minimum atomic E-state index is -3.71. The van der Waals surface area contributed by atoms with E-state index in [9.17, 15) is 8.42 Å². The Balaban J connectivity index is 2.43. The van der Waals surface area contributed by atoms with Crippen molar-refractivity contribution in [1.82, 2.24) is 4.98 Å². The van der Waals surface area contributed by atoms with E-state index < -0.39 is 10.0 Å². The smallest absolute Gasteiger partial charge is 0.263 e. The molecule has 1 N–H and O–H groups in total. The topological polar surface area (TPSA) is 59.1 Å². The van der Waals surface area contributed by atoms with Gasteiger partial charge in [-0.3, -0.25) is 4.72 Å². The molecule has 0 saturated heterocycles. The monoisotopic (exact) mass is 482 g/mol. The van der Waals surface area contributed by atoms with E-state index in [0.717, 1.165) is 10.0 Å². The van der Waals surface area contributed by atoms with Crippen LogP contribution < -0.4 is 4.72 Å². The number of aryl methyl sites for hydroxylation is 1. The van der Waals surface area contributed by atoms with Crippen molar-refractivity contribution in [2.75, 3.05) is 4.72 Å². The predicted molar refractivity (Wildman–Crippen MR) is 89.3 cm³/mol. The lowest BCUT2D eigenvalue weighted by Crippen LogP contribution is -2.15. The molecule has 2 aromatic rings. The summed E-state index contributed by atoms with van der Waals surface area (Å²) in [6.07, 6.45) is 1.54. The molecule has 0 aliphatic carbocycles. The first kappa shape index (κ1) is 15.9. The third kappa shape index (κ3) is 3.60. The molecule has 0 aliphatic heterocycles. The Morgan fingerprint density at radius 1 is 1.10 bits per heavy atom. The minimum absolute atomic E-state index is 0.149.